The van der Waals surface area contributed by atoms with Gasteiger partial charge in [-0.3, -0.25) is 4.79 Å². The molecule has 3 rings (SSSR count). The third kappa shape index (κ3) is 6.43. The second-order valence-corrected chi connectivity index (χ2v) is 10.7. The fourth-order valence-electron chi connectivity index (χ4n) is 3.42. The van der Waals surface area contributed by atoms with Crippen molar-refractivity contribution in [1.82, 2.24) is 9.21 Å². The minimum Gasteiger partial charge on any atom is -0.497 e. The van der Waals surface area contributed by atoms with Crippen LogP contribution in [0.25, 0.3) is 0 Å². The first-order valence-corrected chi connectivity index (χ1v) is 13.2. The molecule has 1 unspecified atom stereocenters. The molecule has 0 radical (unpaired) electrons. The van der Waals surface area contributed by atoms with E-state index in [0.717, 1.165) is 10.4 Å². The van der Waals surface area contributed by atoms with Crippen LogP contribution in [-0.4, -0.2) is 43.2 Å². The van der Waals surface area contributed by atoms with Crippen LogP contribution < -0.4 is 4.74 Å². The van der Waals surface area contributed by atoms with Gasteiger partial charge in [0, 0.05) is 17.5 Å². The van der Waals surface area contributed by atoms with Gasteiger partial charge in [0.05, 0.1) is 25.1 Å². The molecule has 8 heteroatoms. The second kappa shape index (κ2) is 11.4. The summed E-state index contributed by atoms with van der Waals surface area (Å²) in [5.41, 5.74) is 0.996. The molecule has 176 valence electrons. The van der Waals surface area contributed by atoms with Crippen LogP contribution >= 0.6 is 11.3 Å². The van der Waals surface area contributed by atoms with Gasteiger partial charge >= 0.3 is 0 Å². The number of rotatable bonds is 11. The minimum absolute atomic E-state index is 0.143. The average Bonchev–Trinajstić information content (AvgIpc) is 3.35. The molecule has 6 nitrogen and oxygen atoms in total. The van der Waals surface area contributed by atoms with E-state index in [-0.39, 0.29) is 23.4 Å². The number of thiophene rings is 1. The van der Waals surface area contributed by atoms with E-state index in [1.54, 1.807) is 28.4 Å². The number of nitrogens with zero attached hydrogens (tertiary/aromatic N) is 2. The number of sulfonamides is 1. The first kappa shape index (κ1) is 25.0. The van der Waals surface area contributed by atoms with Crippen molar-refractivity contribution in [3.8, 4) is 5.75 Å². The van der Waals surface area contributed by atoms with Crippen molar-refractivity contribution in [2.45, 2.75) is 44.3 Å². The number of ether oxygens (including phenoxy) is 1. The predicted molar refractivity (Wildman–Crippen MR) is 132 cm³/mol. The molecule has 0 bridgehead atoms. The highest BCUT2D eigenvalue weighted by Gasteiger charge is 2.32. The summed E-state index contributed by atoms with van der Waals surface area (Å²) in [6.45, 7) is 4.37. The Morgan fingerprint density at radius 2 is 1.70 bits per heavy atom. The maximum atomic E-state index is 13.5. The van der Waals surface area contributed by atoms with Gasteiger partial charge in [-0.2, -0.15) is 4.31 Å². The number of hydrogen-bond acceptors (Lipinski definition) is 5. The smallest absolute Gasteiger partial charge is 0.243 e. The van der Waals surface area contributed by atoms with Gasteiger partial charge in [-0.15, -0.1) is 11.3 Å². The minimum atomic E-state index is -3.87. The number of carbonyl (C=O) groups is 1. The Balaban J connectivity index is 1.87. The molecule has 1 aromatic heterocycles. The highest BCUT2D eigenvalue weighted by atomic mass is 32.2. The van der Waals surface area contributed by atoms with Crippen LogP contribution in [0.3, 0.4) is 0 Å². The molecule has 0 aliphatic rings. The molecule has 0 N–H and O–H groups in total. The quantitative estimate of drug-likeness (QED) is 0.391. The molecular weight excluding hydrogens is 456 g/mol. The summed E-state index contributed by atoms with van der Waals surface area (Å²) >= 11 is 1.58. The number of amides is 1. The van der Waals surface area contributed by atoms with Crippen LogP contribution in [0.4, 0.5) is 0 Å². The zero-order valence-electron chi connectivity index (χ0n) is 19.2. The summed E-state index contributed by atoms with van der Waals surface area (Å²) in [4.78, 5) is 16.4. The van der Waals surface area contributed by atoms with Gasteiger partial charge < -0.3 is 9.64 Å². The summed E-state index contributed by atoms with van der Waals surface area (Å²) in [7, 11) is -2.34. The molecule has 1 amide bonds. The summed E-state index contributed by atoms with van der Waals surface area (Å²) in [5.74, 6) is 0.342. The molecule has 0 aliphatic carbocycles. The highest BCUT2D eigenvalue weighted by Crippen LogP contribution is 2.23. The first-order chi connectivity index (χ1) is 15.8. The second-order valence-electron chi connectivity index (χ2n) is 7.80. The molecule has 33 heavy (non-hydrogen) atoms. The Morgan fingerprint density at radius 1 is 1.00 bits per heavy atom. The normalized spacial score (nSPS) is 12.5. The van der Waals surface area contributed by atoms with Crippen LogP contribution in [0.15, 0.2) is 77.0 Å². The molecule has 0 fully saturated rings. The third-order valence-corrected chi connectivity index (χ3v) is 8.37. The van der Waals surface area contributed by atoms with Crippen molar-refractivity contribution in [3.63, 3.8) is 0 Å². The summed E-state index contributed by atoms with van der Waals surface area (Å²) in [6, 6.07) is 19.6. The number of benzene rings is 2. The number of hydrogen-bond donors (Lipinski definition) is 0. The van der Waals surface area contributed by atoms with E-state index in [0.29, 0.717) is 25.3 Å². The Morgan fingerprint density at radius 3 is 2.27 bits per heavy atom. The SMILES string of the molecule is CCC(C)N(CC(=O)N(Cc1ccccc1)Cc1cccs1)S(=O)(=O)c1ccc(OC)cc1. The molecule has 0 saturated heterocycles. The van der Waals surface area contributed by atoms with Crippen LogP contribution in [0, 0.1) is 0 Å². The number of methoxy groups -OCH3 is 1. The lowest BCUT2D eigenvalue weighted by Gasteiger charge is -2.30. The standard InChI is InChI=1S/C25H30N2O4S2/c1-4-20(2)27(33(29,30)24-14-12-22(31-3)13-15-24)19-25(28)26(18-23-11-8-16-32-23)17-21-9-6-5-7-10-21/h5-16,20H,4,17-19H2,1-3H3. The van der Waals surface area contributed by atoms with E-state index in [1.165, 1.54) is 23.5 Å². The van der Waals surface area contributed by atoms with Crippen LogP contribution in [0.1, 0.15) is 30.7 Å². The third-order valence-electron chi connectivity index (χ3n) is 5.54. The fourth-order valence-corrected chi connectivity index (χ4v) is 5.80. The van der Waals surface area contributed by atoms with E-state index >= 15 is 0 Å². The van der Waals surface area contributed by atoms with Crippen molar-refractivity contribution >= 4 is 27.3 Å². The van der Waals surface area contributed by atoms with Gasteiger partial charge in [-0.05, 0) is 54.6 Å². The van der Waals surface area contributed by atoms with Gasteiger partial charge in [0.2, 0.25) is 15.9 Å². The van der Waals surface area contributed by atoms with E-state index < -0.39 is 10.0 Å². The lowest BCUT2D eigenvalue weighted by molar-refractivity contribution is -0.133. The average molecular weight is 487 g/mol. The maximum Gasteiger partial charge on any atom is 0.243 e. The molecule has 0 spiro atoms. The Bertz CT molecular complexity index is 1110. The van der Waals surface area contributed by atoms with Crippen LogP contribution in [0.5, 0.6) is 5.75 Å². The van der Waals surface area contributed by atoms with Crippen molar-refractivity contribution < 1.29 is 17.9 Å². The summed E-state index contributed by atoms with van der Waals surface area (Å²) < 4.78 is 33.4. The van der Waals surface area contributed by atoms with Crippen LogP contribution in [0.2, 0.25) is 0 Å². The Hall–Kier alpha value is -2.68. The van der Waals surface area contributed by atoms with Gasteiger partial charge in [0.15, 0.2) is 0 Å². The summed E-state index contributed by atoms with van der Waals surface area (Å²) in [6.07, 6.45) is 0.590. The monoisotopic (exact) mass is 486 g/mol. The van der Waals surface area contributed by atoms with Crippen LogP contribution in [-0.2, 0) is 27.9 Å². The topological polar surface area (TPSA) is 66.9 Å². The van der Waals surface area contributed by atoms with E-state index in [4.69, 9.17) is 4.74 Å². The lowest BCUT2D eigenvalue weighted by Crippen LogP contribution is -2.46. The Labute approximate surface area is 200 Å². The summed E-state index contributed by atoms with van der Waals surface area (Å²) in [5, 5.41) is 1.97. The number of carbonyl (C=O) groups excluding carboxylic acids is 1. The highest BCUT2D eigenvalue weighted by molar-refractivity contribution is 7.89. The van der Waals surface area contributed by atoms with Crippen molar-refractivity contribution in [3.05, 3.63) is 82.6 Å². The molecule has 1 heterocycles. The molecule has 3 aromatic rings. The molecule has 2 aromatic carbocycles. The molecule has 0 aliphatic heterocycles. The van der Waals surface area contributed by atoms with Crippen molar-refractivity contribution in [1.29, 1.82) is 0 Å². The molecule has 0 saturated carbocycles. The van der Waals surface area contributed by atoms with Gasteiger partial charge in [-0.1, -0.05) is 43.3 Å². The van der Waals surface area contributed by atoms with E-state index in [1.807, 2.05) is 61.7 Å². The van der Waals surface area contributed by atoms with Gasteiger partial charge in [-0.25, -0.2) is 8.42 Å². The van der Waals surface area contributed by atoms with Crippen molar-refractivity contribution in [2.75, 3.05) is 13.7 Å². The maximum absolute atomic E-state index is 13.5. The van der Waals surface area contributed by atoms with Gasteiger partial charge in [0.1, 0.15) is 5.75 Å². The van der Waals surface area contributed by atoms with E-state index in [2.05, 4.69) is 0 Å². The molecular formula is C25H30N2O4S2. The lowest BCUT2D eigenvalue weighted by atomic mass is 10.2. The largest absolute Gasteiger partial charge is 0.497 e. The van der Waals surface area contributed by atoms with E-state index in [9.17, 15) is 13.2 Å². The van der Waals surface area contributed by atoms with Gasteiger partial charge in [0.25, 0.3) is 0 Å². The van der Waals surface area contributed by atoms with Crippen molar-refractivity contribution in [2.24, 2.45) is 0 Å². The first-order valence-electron chi connectivity index (χ1n) is 10.8. The predicted octanol–water partition coefficient (Wildman–Crippen LogP) is 4.77. The zero-order chi connectivity index (χ0) is 23.8. The Kier molecular flexibility index (Phi) is 8.66. The molecule has 1 atom stereocenters. The fraction of sp³-hybridized carbons (Fsp3) is 0.320. The zero-order valence-corrected chi connectivity index (χ0v) is 20.8.